The fourth-order valence-corrected chi connectivity index (χ4v) is 12.6. The smallest absolute Gasteiger partial charge is 0.248 e. The Morgan fingerprint density at radius 3 is 1.09 bits per heavy atom. The van der Waals surface area contributed by atoms with Gasteiger partial charge >= 0.3 is 0 Å². The maximum atomic E-state index is 11.8. The lowest BCUT2D eigenvalue weighted by molar-refractivity contribution is 0.0992. The molecule has 0 aliphatic heterocycles. The number of primary amides is 4. The summed E-state index contributed by atoms with van der Waals surface area (Å²) in [6, 6.07) is 23.6. The normalized spacial score (nSPS) is 11.4. The first-order valence-corrected chi connectivity index (χ1v) is 34.1. The zero-order valence-corrected chi connectivity index (χ0v) is 60.3. The summed E-state index contributed by atoms with van der Waals surface area (Å²) in [5.41, 5.74) is 36.8. The highest BCUT2D eigenvalue weighted by atomic mass is 16.2. The molecule has 0 unspecified atom stereocenters. The van der Waals surface area contributed by atoms with Gasteiger partial charge in [0, 0.05) is 137 Å². The van der Waals surface area contributed by atoms with Gasteiger partial charge in [-0.1, -0.05) is 0 Å². The summed E-state index contributed by atoms with van der Waals surface area (Å²) < 4.78 is 14.7. The van der Waals surface area contributed by atoms with E-state index in [1.54, 1.807) is 65.6 Å². The van der Waals surface area contributed by atoms with Gasteiger partial charge in [-0.15, -0.1) is 0 Å². The molecule has 0 spiro atoms. The molecule has 0 aliphatic rings. The minimum absolute atomic E-state index is 0.375. The molecule has 16 rings (SSSR count). The number of amides is 4. The second kappa shape index (κ2) is 28.9. The van der Waals surface area contributed by atoms with E-state index in [9.17, 15) is 19.2 Å². The number of fused-ring (bicyclic) bond motifs is 4. The Bertz CT molecular complexity index is 5740. The molecule has 16 aromatic rings. The van der Waals surface area contributed by atoms with Crippen LogP contribution in [0.2, 0.25) is 0 Å². The number of H-pyrrole nitrogens is 4. The Kier molecular flexibility index (Phi) is 19.2. The average Bonchev–Trinajstić information content (AvgIpc) is 1.63. The molecular formula is C71H77N31O4. The van der Waals surface area contributed by atoms with Crippen LogP contribution in [0.5, 0.6) is 0 Å². The Hall–Kier alpha value is -13.9. The number of rotatable bonds is 18. The van der Waals surface area contributed by atoms with Gasteiger partial charge in [0.25, 0.3) is 0 Å². The number of nitrogens with zero attached hydrogens (tertiary/aromatic N) is 23. The van der Waals surface area contributed by atoms with Crippen LogP contribution in [0.25, 0.3) is 135 Å². The lowest BCUT2D eigenvalue weighted by Crippen LogP contribution is -2.11. The monoisotopic (exact) mass is 1430 g/mol. The van der Waals surface area contributed by atoms with Crippen LogP contribution in [-0.2, 0) is 53.4 Å². The fraction of sp³-hybridized carbons (Fsp3) is 0.254. The van der Waals surface area contributed by atoms with Gasteiger partial charge in [0.2, 0.25) is 23.6 Å². The maximum Gasteiger partial charge on any atom is 0.248 e. The highest BCUT2D eigenvalue weighted by Gasteiger charge is 2.24. The molecule has 4 amide bonds. The van der Waals surface area contributed by atoms with Crippen molar-refractivity contribution in [3.8, 4) is 91.6 Å². The van der Waals surface area contributed by atoms with Crippen molar-refractivity contribution in [1.82, 2.24) is 134 Å². The maximum absolute atomic E-state index is 11.8. The molecule has 0 bridgehead atoms. The Morgan fingerprint density at radius 2 is 0.717 bits per heavy atom. The standard InChI is InChI=1S/2C18H20N8O.C18H19N7O.C17H18N8O/c1-4-25-9-13-12(7-11(16(19)27)8-14(13)24-25)17-20-18(22-21-17)15-6-10(3)23-26(15)5-2;1-4-25-14-8-11(16(19)27)7-12(13(14)9-20-25)17-21-18(23-22-17)15-6-10(3)24-26(15)5-2;1-4-25-15(7-10(2)23-25)18-20-17(21-22-18)13-8-11(16(19)26)9-14-12(13)5-6-24(14)3;1-4-25-14(5-9(2)23-25)17-20-16(21-22-17)11-6-10(15(18)26)7-13-12(11)8-19-24(13)3/h6-9H,4-5H2,1-3H3,(H2,19,27)(H,20,21,22);6-9H,4-5H2,1-3H3,(H2,19,27)(H,21,22,23);5-9H,4H2,1-3H3,(H2,19,26)(H,20,21,22);5-8H,4H2,1-3H3,(H2,18,26)(H,20,21,22). The van der Waals surface area contributed by atoms with Crippen molar-refractivity contribution in [2.45, 2.75) is 109 Å². The van der Waals surface area contributed by atoms with E-state index in [0.29, 0.717) is 104 Å². The van der Waals surface area contributed by atoms with E-state index in [1.165, 1.54) is 0 Å². The fourth-order valence-electron chi connectivity index (χ4n) is 12.6. The first-order chi connectivity index (χ1) is 51.0. The molecule has 0 radical (unpaired) electrons. The van der Waals surface area contributed by atoms with E-state index in [2.05, 4.69) is 96.4 Å². The van der Waals surface area contributed by atoms with Gasteiger partial charge in [0.05, 0.1) is 51.7 Å². The Morgan fingerprint density at radius 1 is 0.377 bits per heavy atom. The van der Waals surface area contributed by atoms with Crippen LogP contribution in [0.15, 0.2) is 104 Å². The van der Waals surface area contributed by atoms with Crippen molar-refractivity contribution < 1.29 is 19.2 Å². The second-order valence-electron chi connectivity index (χ2n) is 24.9. The SMILES string of the molecule is CCn1cc2c(-c3n[nH]c(-c4cc(C)nn4CC)n3)cc(C(N)=O)cc2n1.CCn1nc(C)cc1-c1nc(-c2cc(C(N)=O)cc3c2ccn3C)n[nH]1.CCn1nc(C)cc1-c1nc(-c2cc(C(N)=O)cc3c2cnn3C)n[nH]1.CCn1nc(C)cc1-c1nc(-c2cc(C(N)=O)cc3c2cnn3CC)n[nH]1. The third-order valence-corrected chi connectivity index (χ3v) is 17.7. The summed E-state index contributed by atoms with van der Waals surface area (Å²) >= 11 is 0. The number of aromatic amines is 4. The highest BCUT2D eigenvalue weighted by Crippen LogP contribution is 2.35. The quantitative estimate of drug-likeness (QED) is 0.0401. The number of nitrogens with two attached hydrogens (primary N) is 4. The van der Waals surface area contributed by atoms with Crippen molar-refractivity contribution >= 4 is 67.2 Å². The molecular weight excluding hydrogens is 1350 g/mol. The molecule has 0 saturated heterocycles. The highest BCUT2D eigenvalue weighted by molar-refractivity contribution is 6.06. The van der Waals surface area contributed by atoms with Crippen molar-refractivity contribution in [2.24, 2.45) is 37.0 Å². The molecule has 12 aromatic heterocycles. The Balaban J connectivity index is 0.000000125. The predicted octanol–water partition coefficient (Wildman–Crippen LogP) is 8.17. The number of carbonyl (C=O) groups is 4. The van der Waals surface area contributed by atoms with E-state index in [-0.39, 0.29) is 0 Å². The molecule has 540 valence electrons. The topological polar surface area (TPSA) is 468 Å². The summed E-state index contributed by atoms with van der Waals surface area (Å²) in [7, 11) is 3.73. The van der Waals surface area contributed by atoms with E-state index in [1.807, 2.05) is 159 Å². The molecule has 12 N–H and O–H groups in total. The molecule has 0 atom stereocenters. The molecule has 35 nitrogen and oxygen atoms in total. The van der Waals surface area contributed by atoms with Crippen LogP contribution in [0.4, 0.5) is 0 Å². The minimum atomic E-state index is -0.514. The lowest BCUT2D eigenvalue weighted by Gasteiger charge is -2.04. The van der Waals surface area contributed by atoms with Gasteiger partial charge in [0.1, 0.15) is 22.8 Å². The molecule has 12 heterocycles. The summed E-state index contributed by atoms with van der Waals surface area (Å²) in [6.07, 6.45) is 7.34. The number of nitrogens with one attached hydrogen (secondary N) is 4. The number of hydrogen-bond donors (Lipinski definition) is 8. The summed E-state index contributed by atoms with van der Waals surface area (Å²) in [6.45, 7) is 24.1. The second-order valence-corrected chi connectivity index (χ2v) is 24.9. The first kappa shape index (κ1) is 70.5. The van der Waals surface area contributed by atoms with E-state index in [0.717, 1.165) is 115 Å². The third kappa shape index (κ3) is 13.6. The number of carbonyl (C=O) groups excluding carboxylic acids is 4. The summed E-state index contributed by atoms with van der Waals surface area (Å²) in [5.74, 6) is 2.43. The van der Waals surface area contributed by atoms with Gasteiger partial charge < -0.3 is 27.5 Å². The molecule has 4 aromatic carbocycles. The van der Waals surface area contributed by atoms with Crippen molar-refractivity contribution in [3.63, 3.8) is 0 Å². The van der Waals surface area contributed by atoms with Gasteiger partial charge in [-0.25, -0.2) is 19.9 Å². The van der Waals surface area contributed by atoms with E-state index in [4.69, 9.17) is 22.9 Å². The molecule has 0 fully saturated rings. The number of aryl methyl sites for hydroxylation is 12. The van der Waals surface area contributed by atoms with Crippen LogP contribution in [0.1, 0.15) is 106 Å². The van der Waals surface area contributed by atoms with E-state index >= 15 is 0 Å². The number of hydrogen-bond acceptors (Lipinski definition) is 19. The molecule has 106 heavy (non-hydrogen) atoms. The largest absolute Gasteiger partial charge is 0.366 e. The molecule has 0 aliphatic carbocycles. The lowest BCUT2D eigenvalue weighted by atomic mass is 10.0. The van der Waals surface area contributed by atoms with Gasteiger partial charge in [-0.3, -0.25) is 72.3 Å². The van der Waals surface area contributed by atoms with Crippen molar-refractivity contribution in [1.29, 1.82) is 0 Å². The molecule has 35 heteroatoms. The number of aromatic nitrogens is 27. The Labute approximate surface area is 603 Å². The third-order valence-electron chi connectivity index (χ3n) is 17.7. The van der Waals surface area contributed by atoms with Gasteiger partial charge in [-0.2, -0.15) is 56.1 Å². The predicted molar refractivity (Wildman–Crippen MR) is 397 cm³/mol. The zero-order valence-electron chi connectivity index (χ0n) is 60.3. The minimum Gasteiger partial charge on any atom is -0.366 e. The zero-order chi connectivity index (χ0) is 75.1. The van der Waals surface area contributed by atoms with Gasteiger partial charge in [-0.05, 0) is 148 Å². The van der Waals surface area contributed by atoms with Crippen LogP contribution in [0.3, 0.4) is 0 Å². The van der Waals surface area contributed by atoms with Crippen LogP contribution >= 0.6 is 0 Å². The van der Waals surface area contributed by atoms with E-state index < -0.39 is 23.6 Å². The first-order valence-electron chi connectivity index (χ1n) is 34.1. The van der Waals surface area contributed by atoms with Crippen molar-refractivity contribution in [2.75, 3.05) is 0 Å². The van der Waals surface area contributed by atoms with Crippen LogP contribution < -0.4 is 22.9 Å². The number of benzene rings is 4. The summed E-state index contributed by atoms with van der Waals surface area (Å²) in [5, 5.41) is 63.8. The average molecular weight is 1430 g/mol. The van der Waals surface area contributed by atoms with Crippen molar-refractivity contribution in [3.05, 3.63) is 149 Å². The molecule has 0 saturated carbocycles. The summed E-state index contributed by atoms with van der Waals surface area (Å²) in [4.78, 5) is 65.5. The van der Waals surface area contributed by atoms with Crippen LogP contribution in [-0.4, -0.2) is 157 Å². The van der Waals surface area contributed by atoms with Crippen LogP contribution in [0, 0.1) is 27.7 Å². The van der Waals surface area contributed by atoms with Gasteiger partial charge in [0.15, 0.2) is 46.6 Å².